The Balaban J connectivity index is 1.83. The molecule has 1 N–H and O–H groups in total. The third-order valence-corrected chi connectivity index (χ3v) is 6.21. The Hall–Kier alpha value is 0.01000. The van der Waals surface area contributed by atoms with Crippen LogP contribution in [0.25, 0.3) is 0 Å². The minimum Gasteiger partial charge on any atom is -0.312 e. The fraction of sp³-hybridized carbons (Fsp3) is 0.692. The van der Waals surface area contributed by atoms with E-state index in [0.717, 1.165) is 5.92 Å². The van der Waals surface area contributed by atoms with Gasteiger partial charge in [0, 0.05) is 21.5 Å². The molecule has 3 rings (SSSR count). The van der Waals surface area contributed by atoms with Crippen LogP contribution >= 0.6 is 23.1 Å². The van der Waals surface area contributed by atoms with Crippen molar-refractivity contribution in [3.8, 4) is 0 Å². The first-order valence-electron chi connectivity index (χ1n) is 6.25. The van der Waals surface area contributed by atoms with Crippen LogP contribution in [-0.4, -0.2) is 12.8 Å². The highest BCUT2D eigenvalue weighted by atomic mass is 32.2. The molecule has 16 heavy (non-hydrogen) atoms. The van der Waals surface area contributed by atoms with E-state index in [9.17, 15) is 0 Å². The first kappa shape index (κ1) is 11.1. The molecule has 0 spiro atoms. The third-order valence-electron chi connectivity index (χ3n) is 3.89. The number of hydrogen-bond acceptors (Lipinski definition) is 3. The normalized spacial score (nSPS) is 22.6. The van der Waals surface area contributed by atoms with E-state index in [1.807, 2.05) is 0 Å². The fourth-order valence-electron chi connectivity index (χ4n) is 2.71. The van der Waals surface area contributed by atoms with Gasteiger partial charge in [0.2, 0.25) is 0 Å². The van der Waals surface area contributed by atoms with Gasteiger partial charge in [-0.1, -0.05) is 6.42 Å². The molecule has 1 unspecified atom stereocenters. The first-order valence-corrected chi connectivity index (χ1v) is 8.22. The van der Waals surface area contributed by atoms with Crippen molar-refractivity contribution in [2.75, 3.05) is 12.8 Å². The van der Waals surface area contributed by atoms with Crippen molar-refractivity contribution in [3.05, 3.63) is 21.4 Å². The highest BCUT2D eigenvalue weighted by Crippen LogP contribution is 2.42. The predicted molar refractivity (Wildman–Crippen MR) is 73.3 cm³/mol. The first-order chi connectivity index (χ1) is 7.88. The molecule has 0 radical (unpaired) electrons. The third kappa shape index (κ3) is 1.93. The smallest absolute Gasteiger partial charge is 0.0441 e. The Morgan fingerprint density at radius 1 is 1.44 bits per heavy atom. The lowest BCUT2D eigenvalue weighted by molar-refractivity contribution is 0.242. The van der Waals surface area contributed by atoms with Gasteiger partial charge in [-0.3, -0.25) is 0 Å². The van der Waals surface area contributed by atoms with Crippen molar-refractivity contribution in [2.45, 2.75) is 37.5 Å². The van der Waals surface area contributed by atoms with Gasteiger partial charge in [0.25, 0.3) is 0 Å². The standard InChI is InChI=1S/C13H19NS2/c1-14-13(9-3-2-4-9)12-7-10-8-15-6-5-11(10)16-12/h7,9,13-14H,2-6,8H2,1H3. The van der Waals surface area contributed by atoms with Gasteiger partial charge < -0.3 is 5.32 Å². The topological polar surface area (TPSA) is 12.0 Å². The zero-order chi connectivity index (χ0) is 11.0. The average molecular weight is 253 g/mol. The molecule has 1 nitrogen and oxygen atoms in total. The predicted octanol–water partition coefficient (Wildman–Crippen LogP) is 3.60. The van der Waals surface area contributed by atoms with Gasteiger partial charge >= 0.3 is 0 Å². The number of thiophene rings is 1. The van der Waals surface area contributed by atoms with Gasteiger partial charge in [0.1, 0.15) is 0 Å². The molecule has 0 aromatic carbocycles. The van der Waals surface area contributed by atoms with Crippen molar-refractivity contribution >= 4 is 23.1 Å². The van der Waals surface area contributed by atoms with Crippen LogP contribution in [0.2, 0.25) is 0 Å². The van der Waals surface area contributed by atoms with Crippen LogP contribution < -0.4 is 5.32 Å². The Morgan fingerprint density at radius 2 is 2.31 bits per heavy atom. The lowest BCUT2D eigenvalue weighted by Crippen LogP contribution is -2.29. The lowest BCUT2D eigenvalue weighted by Gasteiger charge is -2.33. The highest BCUT2D eigenvalue weighted by molar-refractivity contribution is 7.98. The van der Waals surface area contributed by atoms with Gasteiger partial charge in [-0.25, -0.2) is 0 Å². The Kier molecular flexibility index (Phi) is 3.27. The van der Waals surface area contributed by atoms with Crippen LogP contribution in [0, 0.1) is 5.92 Å². The molecule has 0 amide bonds. The molecule has 2 heterocycles. The van der Waals surface area contributed by atoms with Gasteiger partial charge in [0.15, 0.2) is 0 Å². The second-order valence-corrected chi connectivity index (χ2v) is 7.13. The summed E-state index contributed by atoms with van der Waals surface area (Å²) in [7, 11) is 2.12. The molecule has 3 heteroatoms. The quantitative estimate of drug-likeness (QED) is 0.883. The Bertz CT molecular complexity index is 345. The maximum absolute atomic E-state index is 3.53. The molecule has 0 saturated heterocycles. The number of fused-ring (bicyclic) bond motifs is 1. The molecule has 2 aliphatic rings. The largest absolute Gasteiger partial charge is 0.312 e. The van der Waals surface area contributed by atoms with E-state index in [0.29, 0.717) is 6.04 Å². The van der Waals surface area contributed by atoms with Crippen molar-refractivity contribution in [2.24, 2.45) is 5.92 Å². The number of hydrogen-bond donors (Lipinski definition) is 1. The van der Waals surface area contributed by atoms with Gasteiger partial charge in [-0.2, -0.15) is 11.8 Å². The van der Waals surface area contributed by atoms with E-state index in [2.05, 4.69) is 41.5 Å². The molecule has 1 aromatic rings. The maximum Gasteiger partial charge on any atom is 0.0441 e. The number of nitrogens with one attached hydrogen (secondary N) is 1. The SMILES string of the molecule is CNC(c1cc2c(s1)CCSC2)C1CCC1. The van der Waals surface area contributed by atoms with Gasteiger partial charge in [0.05, 0.1) is 0 Å². The maximum atomic E-state index is 3.53. The summed E-state index contributed by atoms with van der Waals surface area (Å²) in [6.07, 6.45) is 5.57. The summed E-state index contributed by atoms with van der Waals surface area (Å²) >= 11 is 4.15. The number of aryl methyl sites for hydroxylation is 1. The molecule has 1 aromatic heterocycles. The molecule has 1 aliphatic heterocycles. The van der Waals surface area contributed by atoms with Gasteiger partial charge in [-0.05, 0) is 49.6 Å². The molecular weight excluding hydrogens is 234 g/mol. The second kappa shape index (κ2) is 4.71. The minimum atomic E-state index is 0.634. The zero-order valence-electron chi connectivity index (χ0n) is 9.79. The molecule has 1 aliphatic carbocycles. The average Bonchev–Trinajstić information content (AvgIpc) is 2.66. The summed E-state index contributed by atoms with van der Waals surface area (Å²) in [5.74, 6) is 3.46. The summed E-state index contributed by atoms with van der Waals surface area (Å²) in [5.41, 5.74) is 1.62. The molecule has 1 atom stereocenters. The number of thioether (sulfide) groups is 1. The monoisotopic (exact) mass is 253 g/mol. The molecule has 88 valence electrons. The van der Waals surface area contributed by atoms with Crippen molar-refractivity contribution in [3.63, 3.8) is 0 Å². The molecule has 1 saturated carbocycles. The van der Waals surface area contributed by atoms with Gasteiger partial charge in [-0.15, -0.1) is 11.3 Å². The highest BCUT2D eigenvalue weighted by Gasteiger charge is 2.29. The van der Waals surface area contributed by atoms with E-state index in [1.54, 1.807) is 15.3 Å². The summed E-state index contributed by atoms with van der Waals surface area (Å²) in [6.45, 7) is 0. The van der Waals surface area contributed by atoms with Crippen LogP contribution in [-0.2, 0) is 12.2 Å². The van der Waals surface area contributed by atoms with Crippen molar-refractivity contribution in [1.29, 1.82) is 0 Å². The second-order valence-electron chi connectivity index (χ2n) is 4.86. The summed E-state index contributed by atoms with van der Waals surface area (Å²) < 4.78 is 0. The molecule has 0 bridgehead atoms. The van der Waals surface area contributed by atoms with Crippen LogP contribution in [0.1, 0.15) is 40.6 Å². The van der Waals surface area contributed by atoms with E-state index in [4.69, 9.17) is 0 Å². The Morgan fingerprint density at radius 3 is 2.94 bits per heavy atom. The van der Waals surface area contributed by atoms with Crippen LogP contribution in [0.5, 0.6) is 0 Å². The summed E-state index contributed by atoms with van der Waals surface area (Å²) in [5, 5.41) is 3.53. The van der Waals surface area contributed by atoms with E-state index < -0.39 is 0 Å². The van der Waals surface area contributed by atoms with E-state index >= 15 is 0 Å². The van der Waals surface area contributed by atoms with Crippen LogP contribution in [0.4, 0.5) is 0 Å². The van der Waals surface area contributed by atoms with Crippen molar-refractivity contribution in [1.82, 2.24) is 5.32 Å². The molecular formula is C13H19NS2. The van der Waals surface area contributed by atoms with Crippen molar-refractivity contribution < 1.29 is 0 Å². The van der Waals surface area contributed by atoms with Crippen LogP contribution in [0.3, 0.4) is 0 Å². The molecule has 1 fully saturated rings. The van der Waals surface area contributed by atoms with Crippen LogP contribution in [0.15, 0.2) is 6.07 Å². The zero-order valence-corrected chi connectivity index (χ0v) is 11.4. The van der Waals surface area contributed by atoms with E-state index in [-0.39, 0.29) is 0 Å². The van der Waals surface area contributed by atoms with E-state index in [1.165, 1.54) is 37.2 Å². The Labute approximate surface area is 106 Å². The summed E-state index contributed by atoms with van der Waals surface area (Å²) in [6, 6.07) is 3.11. The summed E-state index contributed by atoms with van der Waals surface area (Å²) in [4.78, 5) is 3.26. The lowest BCUT2D eigenvalue weighted by atomic mass is 9.79. The minimum absolute atomic E-state index is 0.634. The number of rotatable bonds is 3. The fourth-order valence-corrected chi connectivity index (χ4v) is 5.29.